The molecule has 0 aliphatic heterocycles. The molecule has 0 atom stereocenters. The lowest BCUT2D eigenvalue weighted by Crippen LogP contribution is -2.07. The Bertz CT molecular complexity index is 1380. The molecule has 0 amide bonds. The Hall–Kier alpha value is -3.79. The molecule has 4 heteroatoms. The average Bonchev–Trinajstić information content (AvgIpc) is 2.79. The SMILES string of the molecule is c1ccc(CNc2ccc3nc4c5c(nccc5c3c2)-c2ncccc2C4)cc1. The summed E-state index contributed by atoms with van der Waals surface area (Å²) in [5.74, 6) is 0. The van der Waals surface area contributed by atoms with E-state index < -0.39 is 0 Å². The fourth-order valence-corrected chi connectivity index (χ4v) is 4.22. The van der Waals surface area contributed by atoms with Crippen LogP contribution in [0.4, 0.5) is 5.69 Å². The number of anilines is 1. The molecule has 4 nitrogen and oxygen atoms in total. The van der Waals surface area contributed by atoms with Gasteiger partial charge >= 0.3 is 0 Å². The summed E-state index contributed by atoms with van der Waals surface area (Å²) in [6.07, 6.45) is 4.52. The molecule has 138 valence electrons. The lowest BCUT2D eigenvalue weighted by atomic mass is 9.91. The van der Waals surface area contributed by atoms with Gasteiger partial charge < -0.3 is 5.32 Å². The van der Waals surface area contributed by atoms with Gasteiger partial charge in [-0.25, -0.2) is 0 Å². The van der Waals surface area contributed by atoms with E-state index >= 15 is 0 Å². The second-order valence-corrected chi connectivity index (χ2v) is 7.40. The van der Waals surface area contributed by atoms with Crippen LogP contribution in [0.5, 0.6) is 0 Å². The summed E-state index contributed by atoms with van der Waals surface area (Å²) in [7, 11) is 0. The molecule has 0 radical (unpaired) electrons. The molecule has 3 aromatic heterocycles. The minimum Gasteiger partial charge on any atom is -0.381 e. The van der Waals surface area contributed by atoms with Crippen LogP contribution in [0.2, 0.25) is 0 Å². The molecule has 5 aromatic rings. The van der Waals surface area contributed by atoms with Crippen molar-refractivity contribution in [2.45, 2.75) is 13.0 Å². The Morgan fingerprint density at radius 2 is 1.69 bits per heavy atom. The van der Waals surface area contributed by atoms with Crippen LogP contribution in [-0.2, 0) is 13.0 Å². The number of hydrogen-bond donors (Lipinski definition) is 1. The number of aromatic nitrogens is 3. The summed E-state index contributed by atoms with van der Waals surface area (Å²) < 4.78 is 0. The normalized spacial score (nSPS) is 12.1. The van der Waals surface area contributed by atoms with Crippen LogP contribution in [0, 0.1) is 0 Å². The first-order valence-corrected chi connectivity index (χ1v) is 9.80. The highest BCUT2D eigenvalue weighted by Crippen LogP contribution is 2.39. The summed E-state index contributed by atoms with van der Waals surface area (Å²) in [6.45, 7) is 0.792. The number of fused-ring (bicyclic) bond motifs is 4. The van der Waals surface area contributed by atoms with Crippen molar-refractivity contribution >= 4 is 27.4 Å². The third kappa shape index (κ3) is 2.64. The Kier molecular flexibility index (Phi) is 3.56. The van der Waals surface area contributed by atoms with Crippen LogP contribution in [0.25, 0.3) is 33.1 Å². The van der Waals surface area contributed by atoms with Crippen LogP contribution in [0.3, 0.4) is 0 Å². The van der Waals surface area contributed by atoms with Gasteiger partial charge in [0.1, 0.15) is 0 Å². The minimum absolute atomic E-state index is 0.792. The number of nitrogens with one attached hydrogen (secondary N) is 1. The molecule has 0 bridgehead atoms. The molecule has 29 heavy (non-hydrogen) atoms. The van der Waals surface area contributed by atoms with Gasteiger partial charge in [-0.1, -0.05) is 36.4 Å². The molecule has 0 saturated heterocycles. The standard InChI is InChI=1S/C25H18N4/c1-2-5-16(6-3-1)15-28-18-8-9-21-20(14-18)19-10-12-27-25-23(19)22(29-21)13-17-7-4-11-26-24(17)25/h1-12,14,28H,13,15H2. The van der Waals surface area contributed by atoms with Crippen LogP contribution >= 0.6 is 0 Å². The van der Waals surface area contributed by atoms with Gasteiger partial charge in [-0.3, -0.25) is 15.0 Å². The zero-order valence-corrected chi connectivity index (χ0v) is 15.8. The van der Waals surface area contributed by atoms with Gasteiger partial charge in [0, 0.05) is 41.8 Å². The number of rotatable bonds is 3. The summed E-state index contributed by atoms with van der Waals surface area (Å²) in [5, 5.41) is 7.00. The fraction of sp³-hybridized carbons (Fsp3) is 0.0800. The van der Waals surface area contributed by atoms with Gasteiger partial charge in [0.2, 0.25) is 0 Å². The number of hydrogen-bond acceptors (Lipinski definition) is 4. The summed E-state index contributed by atoms with van der Waals surface area (Å²) >= 11 is 0. The minimum atomic E-state index is 0.792. The van der Waals surface area contributed by atoms with E-state index in [2.05, 4.69) is 69.9 Å². The molecule has 2 aromatic carbocycles. The smallest absolute Gasteiger partial charge is 0.0986 e. The Morgan fingerprint density at radius 3 is 2.62 bits per heavy atom. The Labute approximate surface area is 168 Å². The average molecular weight is 374 g/mol. The maximum Gasteiger partial charge on any atom is 0.0986 e. The highest BCUT2D eigenvalue weighted by Gasteiger charge is 2.22. The molecule has 0 fully saturated rings. The molecule has 3 heterocycles. The Morgan fingerprint density at radius 1 is 0.793 bits per heavy atom. The predicted octanol–water partition coefficient (Wildman–Crippen LogP) is 5.36. The van der Waals surface area contributed by atoms with Gasteiger partial charge in [0.05, 0.1) is 22.6 Å². The first kappa shape index (κ1) is 16.2. The summed E-state index contributed by atoms with van der Waals surface area (Å²) in [5.41, 5.74) is 7.55. The molecule has 0 unspecified atom stereocenters. The van der Waals surface area contributed by atoms with Gasteiger partial charge in [-0.05, 0) is 46.8 Å². The van der Waals surface area contributed by atoms with Crippen molar-refractivity contribution in [1.82, 2.24) is 15.0 Å². The van der Waals surface area contributed by atoms with Crippen molar-refractivity contribution in [1.29, 1.82) is 0 Å². The first-order valence-electron chi connectivity index (χ1n) is 9.80. The van der Waals surface area contributed by atoms with Crippen LogP contribution in [0.1, 0.15) is 16.8 Å². The zero-order chi connectivity index (χ0) is 19.2. The largest absolute Gasteiger partial charge is 0.381 e. The van der Waals surface area contributed by atoms with E-state index in [4.69, 9.17) is 4.98 Å². The van der Waals surface area contributed by atoms with Crippen LogP contribution in [0.15, 0.2) is 79.1 Å². The van der Waals surface area contributed by atoms with Gasteiger partial charge in [0.25, 0.3) is 0 Å². The maximum atomic E-state index is 5.00. The second-order valence-electron chi connectivity index (χ2n) is 7.40. The lowest BCUT2D eigenvalue weighted by molar-refractivity contribution is 1.07. The van der Waals surface area contributed by atoms with Crippen molar-refractivity contribution in [3.8, 4) is 11.4 Å². The number of benzene rings is 2. The van der Waals surface area contributed by atoms with Gasteiger partial charge in [-0.15, -0.1) is 0 Å². The quantitative estimate of drug-likeness (QED) is 0.424. The van der Waals surface area contributed by atoms with E-state index in [1.54, 1.807) is 0 Å². The van der Waals surface area contributed by atoms with E-state index in [0.29, 0.717) is 0 Å². The molecule has 1 N–H and O–H groups in total. The monoisotopic (exact) mass is 374 g/mol. The molecular formula is C25H18N4. The third-order valence-electron chi connectivity index (χ3n) is 5.59. The van der Waals surface area contributed by atoms with Crippen molar-refractivity contribution in [3.63, 3.8) is 0 Å². The summed E-state index contributed by atoms with van der Waals surface area (Å²) in [6, 6.07) is 23.0. The highest BCUT2D eigenvalue weighted by atomic mass is 14.9. The van der Waals surface area contributed by atoms with E-state index in [1.165, 1.54) is 16.5 Å². The molecule has 6 rings (SSSR count). The molecule has 1 aliphatic rings. The topological polar surface area (TPSA) is 50.7 Å². The molecule has 0 spiro atoms. The van der Waals surface area contributed by atoms with Gasteiger partial charge in [0.15, 0.2) is 0 Å². The zero-order valence-electron chi connectivity index (χ0n) is 15.8. The fourth-order valence-electron chi connectivity index (χ4n) is 4.22. The number of nitrogens with zero attached hydrogens (tertiary/aromatic N) is 3. The predicted molar refractivity (Wildman–Crippen MR) is 117 cm³/mol. The second kappa shape index (κ2) is 6.38. The van der Waals surface area contributed by atoms with E-state index in [-0.39, 0.29) is 0 Å². The van der Waals surface area contributed by atoms with Crippen LogP contribution < -0.4 is 5.32 Å². The summed E-state index contributed by atoms with van der Waals surface area (Å²) in [4.78, 5) is 14.3. The van der Waals surface area contributed by atoms with Crippen molar-refractivity contribution < 1.29 is 0 Å². The molecule has 0 saturated carbocycles. The lowest BCUT2D eigenvalue weighted by Gasteiger charge is -2.19. The molecular weight excluding hydrogens is 356 g/mol. The van der Waals surface area contributed by atoms with E-state index in [9.17, 15) is 0 Å². The van der Waals surface area contributed by atoms with Crippen molar-refractivity contribution in [2.24, 2.45) is 0 Å². The van der Waals surface area contributed by atoms with E-state index in [1.807, 2.05) is 24.5 Å². The maximum absolute atomic E-state index is 5.00. The van der Waals surface area contributed by atoms with Gasteiger partial charge in [-0.2, -0.15) is 0 Å². The Balaban J connectivity index is 1.50. The number of pyridine rings is 3. The molecule has 1 aliphatic carbocycles. The van der Waals surface area contributed by atoms with Crippen molar-refractivity contribution in [3.05, 3.63) is 95.9 Å². The van der Waals surface area contributed by atoms with Crippen molar-refractivity contribution in [2.75, 3.05) is 5.32 Å². The van der Waals surface area contributed by atoms with Crippen LogP contribution in [-0.4, -0.2) is 15.0 Å². The third-order valence-corrected chi connectivity index (χ3v) is 5.59. The highest BCUT2D eigenvalue weighted by molar-refractivity contribution is 6.12. The van der Waals surface area contributed by atoms with E-state index in [0.717, 1.165) is 52.0 Å². The first-order chi connectivity index (χ1) is 14.4.